The molecule has 1 aliphatic rings. The van der Waals surface area contributed by atoms with Gasteiger partial charge in [-0.25, -0.2) is 4.79 Å². The molecule has 0 spiro atoms. The van der Waals surface area contributed by atoms with Gasteiger partial charge in [0.25, 0.3) is 0 Å². The zero-order valence-corrected chi connectivity index (χ0v) is 18.1. The van der Waals surface area contributed by atoms with Crippen molar-refractivity contribution in [3.8, 4) is 0 Å². The Bertz CT molecular complexity index is 762. The number of rotatable bonds is 7. The van der Waals surface area contributed by atoms with Gasteiger partial charge >= 0.3 is 6.09 Å². The summed E-state index contributed by atoms with van der Waals surface area (Å²) in [4.78, 5) is 35.8. The second-order valence-corrected chi connectivity index (χ2v) is 8.55. The normalized spacial score (nSPS) is 14.9. The van der Waals surface area contributed by atoms with Gasteiger partial charge in [0.15, 0.2) is 0 Å². The molecule has 0 radical (unpaired) electrons. The molecule has 0 unspecified atom stereocenters. The zero-order chi connectivity index (χ0) is 22.0. The molecule has 7 heteroatoms. The highest BCUT2D eigenvalue weighted by Crippen LogP contribution is 2.24. The van der Waals surface area contributed by atoms with E-state index in [1.165, 1.54) is 19.3 Å². The Morgan fingerprint density at radius 1 is 1.07 bits per heavy atom. The van der Waals surface area contributed by atoms with E-state index in [0.29, 0.717) is 17.3 Å². The van der Waals surface area contributed by atoms with Gasteiger partial charge in [-0.1, -0.05) is 31.4 Å². The summed E-state index contributed by atoms with van der Waals surface area (Å²) in [6.07, 6.45) is 9.19. The molecule has 164 valence electrons. The van der Waals surface area contributed by atoms with Crippen molar-refractivity contribution in [3.05, 3.63) is 36.4 Å². The molecule has 0 bridgehead atoms. The van der Waals surface area contributed by atoms with Gasteiger partial charge in [0, 0.05) is 24.3 Å². The maximum absolute atomic E-state index is 12.2. The molecule has 2 rings (SSSR count). The lowest BCUT2D eigenvalue weighted by atomic mass is 9.89. The van der Waals surface area contributed by atoms with Crippen LogP contribution in [0.3, 0.4) is 0 Å². The fourth-order valence-electron chi connectivity index (χ4n) is 3.22. The zero-order valence-electron chi connectivity index (χ0n) is 18.1. The lowest BCUT2D eigenvalue weighted by molar-refractivity contribution is -0.116. The number of carbonyl (C=O) groups is 3. The van der Waals surface area contributed by atoms with Crippen LogP contribution >= 0.6 is 0 Å². The second-order valence-electron chi connectivity index (χ2n) is 8.55. The third-order valence-corrected chi connectivity index (χ3v) is 4.60. The highest BCUT2D eigenvalue weighted by molar-refractivity contribution is 6.00. The van der Waals surface area contributed by atoms with E-state index in [-0.39, 0.29) is 24.8 Å². The number of benzene rings is 1. The van der Waals surface area contributed by atoms with E-state index in [0.717, 1.165) is 12.8 Å². The van der Waals surface area contributed by atoms with Crippen LogP contribution < -0.4 is 16.0 Å². The van der Waals surface area contributed by atoms with Crippen molar-refractivity contribution in [2.24, 2.45) is 5.92 Å². The minimum absolute atomic E-state index is 0.111. The summed E-state index contributed by atoms with van der Waals surface area (Å²) in [6, 6.07) is 6.97. The Labute approximate surface area is 178 Å². The highest BCUT2D eigenvalue weighted by Gasteiger charge is 2.16. The Morgan fingerprint density at radius 2 is 1.73 bits per heavy atom. The van der Waals surface area contributed by atoms with Gasteiger partial charge < -0.3 is 20.7 Å². The van der Waals surface area contributed by atoms with Crippen molar-refractivity contribution in [1.29, 1.82) is 0 Å². The largest absolute Gasteiger partial charge is 0.444 e. The Kier molecular flexibility index (Phi) is 8.89. The number of ether oxygens (including phenoxy) is 1. The fourth-order valence-corrected chi connectivity index (χ4v) is 3.22. The van der Waals surface area contributed by atoms with Crippen LogP contribution in [0.5, 0.6) is 0 Å². The van der Waals surface area contributed by atoms with E-state index >= 15 is 0 Å². The van der Waals surface area contributed by atoms with Gasteiger partial charge in [0.1, 0.15) is 5.60 Å². The predicted molar refractivity (Wildman–Crippen MR) is 118 cm³/mol. The molecule has 0 aliphatic heterocycles. The fraction of sp³-hybridized carbons (Fsp3) is 0.522. The average molecular weight is 416 g/mol. The maximum Gasteiger partial charge on any atom is 0.407 e. The third kappa shape index (κ3) is 9.58. The summed E-state index contributed by atoms with van der Waals surface area (Å²) in [5.74, 6) is 0.0711. The summed E-state index contributed by atoms with van der Waals surface area (Å²) in [5, 5.41) is 8.13. The number of carbonyl (C=O) groups excluding carboxylic acids is 3. The number of amides is 3. The summed E-state index contributed by atoms with van der Waals surface area (Å²) in [7, 11) is 0. The first-order valence-electron chi connectivity index (χ1n) is 10.6. The van der Waals surface area contributed by atoms with E-state index in [4.69, 9.17) is 4.74 Å². The summed E-state index contributed by atoms with van der Waals surface area (Å²) in [5.41, 5.74) is 0.604. The maximum atomic E-state index is 12.2. The number of anilines is 2. The molecule has 3 amide bonds. The van der Waals surface area contributed by atoms with E-state index in [1.807, 2.05) is 6.08 Å². The molecule has 1 saturated carbocycles. The smallest absolute Gasteiger partial charge is 0.407 e. The Balaban J connectivity index is 1.76. The van der Waals surface area contributed by atoms with Crippen LogP contribution in [0, 0.1) is 5.92 Å². The number of nitrogens with one attached hydrogen (secondary N) is 3. The van der Waals surface area contributed by atoms with Gasteiger partial charge in [-0.05, 0) is 63.8 Å². The first-order valence-corrected chi connectivity index (χ1v) is 10.6. The van der Waals surface area contributed by atoms with Crippen LogP contribution in [0.1, 0.15) is 59.3 Å². The number of allylic oxidation sites excluding steroid dienone is 1. The highest BCUT2D eigenvalue weighted by atomic mass is 16.6. The lowest BCUT2D eigenvalue weighted by Gasteiger charge is -2.19. The second kappa shape index (κ2) is 11.4. The molecule has 7 nitrogen and oxygen atoms in total. The Morgan fingerprint density at radius 3 is 2.40 bits per heavy atom. The van der Waals surface area contributed by atoms with Crippen molar-refractivity contribution in [1.82, 2.24) is 5.32 Å². The molecule has 0 heterocycles. The molecule has 0 atom stereocenters. The van der Waals surface area contributed by atoms with Crippen LogP contribution in [0.15, 0.2) is 36.4 Å². The van der Waals surface area contributed by atoms with Crippen LogP contribution in [-0.2, 0) is 14.3 Å². The number of alkyl carbamates (subject to hydrolysis) is 1. The molecule has 1 aromatic carbocycles. The number of hydrogen-bond acceptors (Lipinski definition) is 4. The van der Waals surface area contributed by atoms with Crippen LogP contribution in [0.2, 0.25) is 0 Å². The van der Waals surface area contributed by atoms with Gasteiger partial charge in [-0.15, -0.1) is 0 Å². The molecule has 1 fully saturated rings. The molecule has 3 N–H and O–H groups in total. The van der Waals surface area contributed by atoms with E-state index in [2.05, 4.69) is 16.0 Å². The van der Waals surface area contributed by atoms with Gasteiger partial charge in [0.2, 0.25) is 11.8 Å². The van der Waals surface area contributed by atoms with E-state index < -0.39 is 11.7 Å². The first kappa shape index (κ1) is 23.4. The van der Waals surface area contributed by atoms with Crippen LogP contribution in [0.4, 0.5) is 16.2 Å². The monoisotopic (exact) mass is 415 g/mol. The van der Waals surface area contributed by atoms with Crippen molar-refractivity contribution >= 4 is 29.3 Å². The van der Waals surface area contributed by atoms with Crippen molar-refractivity contribution < 1.29 is 19.1 Å². The SMILES string of the molecule is CC(C)(C)OC(=O)NCCC(=O)Nc1cccc(NC(=O)/C=C/C2CCCCC2)c1. The molecular formula is C23H33N3O4. The van der Waals surface area contributed by atoms with Crippen molar-refractivity contribution in [2.75, 3.05) is 17.2 Å². The van der Waals surface area contributed by atoms with Gasteiger partial charge in [0.05, 0.1) is 0 Å². The van der Waals surface area contributed by atoms with Crippen LogP contribution in [0.25, 0.3) is 0 Å². The first-order chi connectivity index (χ1) is 14.2. The molecule has 0 aromatic heterocycles. The summed E-state index contributed by atoms with van der Waals surface area (Å²) >= 11 is 0. The topological polar surface area (TPSA) is 96.5 Å². The molecular weight excluding hydrogens is 382 g/mol. The predicted octanol–water partition coefficient (Wildman–Crippen LogP) is 4.61. The third-order valence-electron chi connectivity index (χ3n) is 4.60. The van der Waals surface area contributed by atoms with Crippen molar-refractivity contribution in [3.63, 3.8) is 0 Å². The van der Waals surface area contributed by atoms with Crippen molar-refractivity contribution in [2.45, 2.75) is 64.9 Å². The van der Waals surface area contributed by atoms with Crippen LogP contribution in [-0.4, -0.2) is 30.1 Å². The average Bonchev–Trinajstić information content (AvgIpc) is 2.66. The summed E-state index contributed by atoms with van der Waals surface area (Å²) < 4.78 is 5.12. The quantitative estimate of drug-likeness (QED) is 0.566. The van der Waals surface area contributed by atoms with Gasteiger partial charge in [-0.3, -0.25) is 9.59 Å². The molecule has 30 heavy (non-hydrogen) atoms. The Hall–Kier alpha value is -2.83. The van der Waals surface area contributed by atoms with Gasteiger partial charge in [-0.2, -0.15) is 0 Å². The molecule has 1 aliphatic carbocycles. The standard InChI is InChI=1S/C23H33N3O4/c1-23(2,3)30-22(29)24-15-14-21(28)26-19-11-7-10-18(16-19)25-20(27)13-12-17-8-5-4-6-9-17/h7,10-13,16-17H,4-6,8-9,14-15H2,1-3H3,(H,24,29)(H,25,27)(H,26,28)/b13-12+. The molecule has 1 aromatic rings. The molecule has 0 saturated heterocycles. The lowest BCUT2D eigenvalue weighted by Crippen LogP contribution is -2.34. The van der Waals surface area contributed by atoms with E-state index in [9.17, 15) is 14.4 Å². The van der Waals surface area contributed by atoms with E-state index in [1.54, 1.807) is 51.1 Å². The summed E-state index contributed by atoms with van der Waals surface area (Å²) in [6.45, 7) is 5.49. The minimum Gasteiger partial charge on any atom is -0.444 e. The number of hydrogen-bond donors (Lipinski definition) is 3. The minimum atomic E-state index is -0.581.